The molecule has 2 rings (SSSR count). The Morgan fingerprint density at radius 3 is 2.88 bits per heavy atom. The molecule has 1 aliphatic rings. The largest absolute Gasteiger partial charge is 0.249 e. The van der Waals surface area contributed by atoms with Crippen molar-refractivity contribution >= 4 is 11.6 Å². The van der Waals surface area contributed by atoms with Crippen molar-refractivity contribution in [3.05, 3.63) is 11.9 Å². The van der Waals surface area contributed by atoms with E-state index in [1.54, 1.807) is 0 Å². The number of halogens is 1. The zero-order chi connectivity index (χ0) is 12.3. The second-order valence-electron chi connectivity index (χ2n) is 5.02. The fraction of sp³-hybridized carbons (Fsp3) is 0.846. The minimum atomic E-state index is 0.00687. The van der Waals surface area contributed by atoms with Crippen molar-refractivity contribution in [1.29, 1.82) is 0 Å². The van der Waals surface area contributed by atoms with Crippen molar-refractivity contribution in [2.75, 3.05) is 0 Å². The summed E-state index contributed by atoms with van der Waals surface area (Å²) >= 11 is 6.20. The quantitative estimate of drug-likeness (QED) is 0.758. The summed E-state index contributed by atoms with van der Waals surface area (Å²) in [7, 11) is 0. The zero-order valence-corrected chi connectivity index (χ0v) is 11.5. The highest BCUT2D eigenvalue weighted by atomic mass is 35.5. The third-order valence-electron chi connectivity index (χ3n) is 3.94. The lowest BCUT2D eigenvalue weighted by Gasteiger charge is -2.30. The Labute approximate surface area is 109 Å². The molecule has 3 unspecified atom stereocenters. The van der Waals surface area contributed by atoms with Gasteiger partial charge in [-0.2, -0.15) is 0 Å². The van der Waals surface area contributed by atoms with Gasteiger partial charge in [-0.3, -0.25) is 0 Å². The van der Waals surface area contributed by atoms with Crippen molar-refractivity contribution in [2.45, 2.75) is 63.8 Å². The van der Waals surface area contributed by atoms with Gasteiger partial charge in [0.05, 0.1) is 17.6 Å². The first kappa shape index (κ1) is 12.9. The molecule has 1 aromatic rings. The molecule has 96 valence electrons. The van der Waals surface area contributed by atoms with Crippen LogP contribution < -0.4 is 0 Å². The SMILES string of the molecule is CCC(Cl)c1cn(C2CCCCC2CC)nn1. The molecule has 1 aliphatic carbocycles. The number of nitrogens with zero attached hydrogens (tertiary/aromatic N) is 3. The molecule has 1 fully saturated rings. The van der Waals surface area contributed by atoms with Gasteiger partial charge >= 0.3 is 0 Å². The van der Waals surface area contributed by atoms with Crippen LogP contribution in [0.2, 0.25) is 0 Å². The van der Waals surface area contributed by atoms with E-state index in [4.69, 9.17) is 11.6 Å². The van der Waals surface area contributed by atoms with Gasteiger partial charge in [0.2, 0.25) is 0 Å². The number of hydrogen-bond acceptors (Lipinski definition) is 2. The summed E-state index contributed by atoms with van der Waals surface area (Å²) in [6.07, 6.45) is 9.44. The van der Waals surface area contributed by atoms with Crippen LogP contribution in [0.15, 0.2) is 6.20 Å². The van der Waals surface area contributed by atoms with Gasteiger partial charge in [-0.15, -0.1) is 16.7 Å². The van der Waals surface area contributed by atoms with Crippen LogP contribution in [0, 0.1) is 5.92 Å². The van der Waals surface area contributed by atoms with E-state index >= 15 is 0 Å². The van der Waals surface area contributed by atoms with Gasteiger partial charge < -0.3 is 0 Å². The molecule has 3 nitrogen and oxygen atoms in total. The molecule has 0 amide bonds. The monoisotopic (exact) mass is 255 g/mol. The van der Waals surface area contributed by atoms with E-state index in [-0.39, 0.29) is 5.38 Å². The summed E-state index contributed by atoms with van der Waals surface area (Å²) in [6, 6.07) is 0.538. The first-order valence-corrected chi connectivity index (χ1v) is 7.25. The minimum Gasteiger partial charge on any atom is -0.249 e. The molecule has 3 atom stereocenters. The molecule has 0 bridgehead atoms. The highest BCUT2D eigenvalue weighted by Crippen LogP contribution is 2.35. The van der Waals surface area contributed by atoms with Crippen molar-refractivity contribution in [3.63, 3.8) is 0 Å². The van der Waals surface area contributed by atoms with Gasteiger partial charge in [-0.25, -0.2) is 4.68 Å². The fourth-order valence-corrected chi connectivity index (χ4v) is 2.92. The number of rotatable bonds is 4. The average Bonchev–Trinajstić information content (AvgIpc) is 2.87. The van der Waals surface area contributed by atoms with Crippen LogP contribution in [-0.4, -0.2) is 15.0 Å². The summed E-state index contributed by atoms with van der Waals surface area (Å²) in [5.41, 5.74) is 0.926. The maximum absolute atomic E-state index is 6.20. The Balaban J connectivity index is 2.12. The number of hydrogen-bond donors (Lipinski definition) is 0. The lowest BCUT2D eigenvalue weighted by Crippen LogP contribution is -2.23. The van der Waals surface area contributed by atoms with E-state index < -0.39 is 0 Å². The molecular formula is C13H22ClN3. The van der Waals surface area contributed by atoms with E-state index in [1.165, 1.54) is 32.1 Å². The highest BCUT2D eigenvalue weighted by molar-refractivity contribution is 6.20. The molecule has 0 radical (unpaired) electrons. The lowest BCUT2D eigenvalue weighted by atomic mass is 9.83. The molecule has 17 heavy (non-hydrogen) atoms. The van der Waals surface area contributed by atoms with Gasteiger partial charge in [-0.05, 0) is 25.2 Å². The van der Waals surface area contributed by atoms with Crippen LogP contribution in [0.5, 0.6) is 0 Å². The summed E-state index contributed by atoms with van der Waals surface area (Å²) < 4.78 is 2.06. The zero-order valence-electron chi connectivity index (χ0n) is 10.8. The van der Waals surface area contributed by atoms with Gasteiger partial charge in [0.15, 0.2) is 0 Å². The third kappa shape index (κ3) is 2.82. The summed E-state index contributed by atoms with van der Waals surface area (Å²) in [5.74, 6) is 0.758. The van der Waals surface area contributed by atoms with E-state index in [9.17, 15) is 0 Å². The molecule has 0 aromatic carbocycles. The van der Waals surface area contributed by atoms with Crippen LogP contribution >= 0.6 is 11.6 Å². The Bertz CT molecular complexity index is 350. The Morgan fingerprint density at radius 1 is 1.41 bits per heavy atom. The first-order valence-electron chi connectivity index (χ1n) is 6.82. The van der Waals surface area contributed by atoms with Crippen LogP contribution in [0.1, 0.15) is 69.5 Å². The van der Waals surface area contributed by atoms with Gasteiger partial charge in [0.1, 0.15) is 5.69 Å². The normalized spacial score (nSPS) is 27.0. The number of alkyl halides is 1. The smallest absolute Gasteiger partial charge is 0.101 e. The fourth-order valence-electron chi connectivity index (χ4n) is 2.82. The molecule has 0 aliphatic heterocycles. The van der Waals surface area contributed by atoms with Gasteiger partial charge in [0, 0.05) is 0 Å². The molecule has 1 aromatic heterocycles. The van der Waals surface area contributed by atoms with Gasteiger partial charge in [-0.1, -0.05) is 38.3 Å². The molecule has 1 saturated carbocycles. The predicted octanol–water partition coefficient (Wildman–Crippen LogP) is 4.11. The molecule has 4 heteroatoms. The Kier molecular flexibility index (Phi) is 4.43. The summed E-state index contributed by atoms with van der Waals surface area (Å²) in [5, 5.41) is 8.51. The van der Waals surface area contributed by atoms with E-state index in [0.29, 0.717) is 6.04 Å². The summed E-state index contributed by atoms with van der Waals surface area (Å²) in [6.45, 7) is 4.35. The minimum absolute atomic E-state index is 0.00687. The Hall–Kier alpha value is -0.570. The lowest BCUT2D eigenvalue weighted by molar-refractivity contribution is 0.214. The number of aromatic nitrogens is 3. The van der Waals surface area contributed by atoms with E-state index in [1.807, 2.05) is 0 Å². The van der Waals surface area contributed by atoms with Crippen molar-refractivity contribution in [1.82, 2.24) is 15.0 Å². The Morgan fingerprint density at radius 2 is 2.18 bits per heavy atom. The molecule has 0 N–H and O–H groups in total. The summed E-state index contributed by atoms with van der Waals surface area (Å²) in [4.78, 5) is 0. The standard InChI is InChI=1S/C13H22ClN3/c1-3-10-7-5-6-8-13(10)17-9-12(15-16-17)11(14)4-2/h9-11,13H,3-8H2,1-2H3. The van der Waals surface area contributed by atoms with Gasteiger partial charge in [0.25, 0.3) is 0 Å². The van der Waals surface area contributed by atoms with Crippen LogP contribution in [0.3, 0.4) is 0 Å². The van der Waals surface area contributed by atoms with E-state index in [0.717, 1.165) is 18.0 Å². The topological polar surface area (TPSA) is 30.7 Å². The van der Waals surface area contributed by atoms with E-state index in [2.05, 4.69) is 35.0 Å². The predicted molar refractivity (Wildman–Crippen MR) is 70.2 cm³/mol. The highest BCUT2D eigenvalue weighted by Gasteiger charge is 2.26. The van der Waals surface area contributed by atoms with Crippen LogP contribution in [0.4, 0.5) is 0 Å². The van der Waals surface area contributed by atoms with Crippen molar-refractivity contribution in [3.8, 4) is 0 Å². The van der Waals surface area contributed by atoms with Crippen molar-refractivity contribution < 1.29 is 0 Å². The maximum Gasteiger partial charge on any atom is 0.101 e. The second kappa shape index (κ2) is 5.85. The van der Waals surface area contributed by atoms with Crippen LogP contribution in [0.25, 0.3) is 0 Å². The van der Waals surface area contributed by atoms with Crippen LogP contribution in [-0.2, 0) is 0 Å². The average molecular weight is 256 g/mol. The van der Waals surface area contributed by atoms with Crippen molar-refractivity contribution in [2.24, 2.45) is 5.92 Å². The second-order valence-corrected chi connectivity index (χ2v) is 5.55. The first-order chi connectivity index (χ1) is 8.26. The maximum atomic E-state index is 6.20. The molecule has 0 saturated heterocycles. The molecule has 1 heterocycles. The third-order valence-corrected chi connectivity index (χ3v) is 4.47. The molecular weight excluding hydrogens is 234 g/mol. The molecule has 0 spiro atoms.